The molecule has 0 bridgehead atoms. The molecule has 1 aliphatic rings. The van der Waals surface area contributed by atoms with Crippen LogP contribution in [0.15, 0.2) is 30.5 Å². The number of urea groups is 1. The molecule has 1 aromatic carbocycles. The van der Waals surface area contributed by atoms with Crippen molar-refractivity contribution in [1.29, 1.82) is 0 Å². The quantitative estimate of drug-likeness (QED) is 0.889. The largest absolute Gasteiger partial charge is 0.416 e. The number of hydrogen-bond donors (Lipinski definition) is 1. The number of carbonyl (C=O) groups is 1. The van der Waals surface area contributed by atoms with E-state index >= 15 is 0 Å². The van der Waals surface area contributed by atoms with Gasteiger partial charge in [-0.05, 0) is 25.1 Å². The Morgan fingerprint density at radius 3 is 2.52 bits per heavy atom. The van der Waals surface area contributed by atoms with Crippen molar-refractivity contribution in [3.8, 4) is 0 Å². The molecular formula is C18H22F3N5O. The summed E-state index contributed by atoms with van der Waals surface area (Å²) in [7, 11) is 1.88. The average molecular weight is 381 g/mol. The highest BCUT2D eigenvalue weighted by atomic mass is 19.4. The third-order valence-electron chi connectivity index (χ3n) is 4.61. The predicted molar refractivity (Wildman–Crippen MR) is 95.3 cm³/mol. The Morgan fingerprint density at radius 2 is 1.93 bits per heavy atom. The lowest BCUT2D eigenvalue weighted by Crippen LogP contribution is -2.49. The van der Waals surface area contributed by atoms with E-state index in [-0.39, 0.29) is 11.7 Å². The molecule has 146 valence electrons. The molecule has 27 heavy (non-hydrogen) atoms. The van der Waals surface area contributed by atoms with E-state index in [1.165, 1.54) is 12.1 Å². The fourth-order valence-corrected chi connectivity index (χ4v) is 3.13. The first-order chi connectivity index (χ1) is 12.7. The van der Waals surface area contributed by atoms with E-state index in [0.717, 1.165) is 29.9 Å². The molecule has 0 radical (unpaired) electrons. The van der Waals surface area contributed by atoms with Crippen LogP contribution in [0, 0.1) is 6.92 Å². The van der Waals surface area contributed by atoms with Crippen molar-refractivity contribution in [2.24, 2.45) is 7.05 Å². The smallest absolute Gasteiger partial charge is 0.322 e. The summed E-state index contributed by atoms with van der Waals surface area (Å²) >= 11 is 0. The summed E-state index contributed by atoms with van der Waals surface area (Å²) in [5, 5.41) is 6.88. The van der Waals surface area contributed by atoms with Crippen molar-refractivity contribution in [2.75, 3.05) is 31.5 Å². The van der Waals surface area contributed by atoms with Gasteiger partial charge >= 0.3 is 12.2 Å². The van der Waals surface area contributed by atoms with Crippen molar-refractivity contribution in [1.82, 2.24) is 19.6 Å². The second-order valence-electron chi connectivity index (χ2n) is 6.69. The van der Waals surface area contributed by atoms with Gasteiger partial charge in [-0.2, -0.15) is 18.3 Å². The van der Waals surface area contributed by atoms with Crippen molar-refractivity contribution >= 4 is 11.7 Å². The lowest BCUT2D eigenvalue weighted by atomic mass is 10.2. The van der Waals surface area contributed by atoms with Gasteiger partial charge in [-0.3, -0.25) is 9.58 Å². The molecule has 2 aromatic rings. The van der Waals surface area contributed by atoms with Gasteiger partial charge < -0.3 is 10.2 Å². The number of alkyl halides is 3. The number of nitrogens with zero attached hydrogens (tertiary/aromatic N) is 4. The Hall–Kier alpha value is -2.55. The average Bonchev–Trinajstić information content (AvgIpc) is 2.92. The summed E-state index contributed by atoms with van der Waals surface area (Å²) < 4.78 is 40.1. The monoisotopic (exact) mass is 381 g/mol. The number of aryl methyl sites for hydroxylation is 2. The molecule has 1 aliphatic heterocycles. The third-order valence-corrected chi connectivity index (χ3v) is 4.61. The fourth-order valence-electron chi connectivity index (χ4n) is 3.13. The zero-order valence-electron chi connectivity index (χ0n) is 15.3. The number of amides is 2. The SMILES string of the molecule is Cc1nn(C)cc1CN1CCN(C(=O)Nc2cccc(C(F)(F)F)c2)CC1. The standard InChI is InChI=1S/C18H22F3N5O/c1-13-14(11-24(2)23-13)12-25-6-8-26(9-7-25)17(27)22-16-5-3-4-15(10-16)18(19,20)21/h3-5,10-11H,6-9,12H2,1-2H3,(H,22,27). The third kappa shape index (κ3) is 4.79. The minimum absolute atomic E-state index is 0.142. The molecule has 2 amide bonds. The minimum atomic E-state index is -4.43. The molecule has 0 saturated carbocycles. The van der Waals surface area contributed by atoms with Crippen LogP contribution in [0.1, 0.15) is 16.8 Å². The van der Waals surface area contributed by atoms with Crippen LogP contribution in [0.5, 0.6) is 0 Å². The Morgan fingerprint density at radius 1 is 1.22 bits per heavy atom. The highest BCUT2D eigenvalue weighted by molar-refractivity contribution is 5.89. The van der Waals surface area contributed by atoms with Crippen molar-refractivity contribution in [3.63, 3.8) is 0 Å². The Balaban J connectivity index is 1.53. The molecule has 3 rings (SSSR count). The van der Waals surface area contributed by atoms with Crippen LogP contribution in [0.25, 0.3) is 0 Å². The van der Waals surface area contributed by atoms with Crippen LogP contribution in [0.3, 0.4) is 0 Å². The Labute approximate surface area is 155 Å². The lowest BCUT2D eigenvalue weighted by molar-refractivity contribution is -0.137. The highest BCUT2D eigenvalue weighted by Gasteiger charge is 2.30. The number of hydrogen-bond acceptors (Lipinski definition) is 3. The Kier molecular flexibility index (Phi) is 5.41. The molecule has 0 spiro atoms. The van der Waals surface area contributed by atoms with E-state index in [4.69, 9.17) is 0 Å². The van der Waals surface area contributed by atoms with E-state index < -0.39 is 11.7 Å². The van der Waals surface area contributed by atoms with Crippen LogP contribution in [0.4, 0.5) is 23.7 Å². The Bertz CT molecular complexity index is 810. The first-order valence-electron chi connectivity index (χ1n) is 8.67. The van der Waals surface area contributed by atoms with Gasteiger partial charge in [-0.25, -0.2) is 4.79 Å². The molecule has 1 saturated heterocycles. The first-order valence-corrected chi connectivity index (χ1v) is 8.67. The summed E-state index contributed by atoms with van der Waals surface area (Å²) in [6, 6.07) is 4.28. The molecule has 0 atom stereocenters. The van der Waals surface area contributed by atoms with Gasteiger partial charge in [-0.15, -0.1) is 0 Å². The molecule has 6 nitrogen and oxygen atoms in total. The number of carbonyl (C=O) groups excluding carboxylic acids is 1. The van der Waals surface area contributed by atoms with Crippen LogP contribution < -0.4 is 5.32 Å². The molecule has 2 heterocycles. The topological polar surface area (TPSA) is 53.4 Å². The summed E-state index contributed by atoms with van der Waals surface area (Å²) in [6.07, 6.45) is -2.45. The molecule has 0 unspecified atom stereocenters. The van der Waals surface area contributed by atoms with Crippen molar-refractivity contribution < 1.29 is 18.0 Å². The number of aromatic nitrogens is 2. The maximum absolute atomic E-state index is 12.8. The van der Waals surface area contributed by atoms with E-state index in [1.807, 2.05) is 20.2 Å². The van der Waals surface area contributed by atoms with Crippen LogP contribution >= 0.6 is 0 Å². The first kappa shape index (κ1) is 19.2. The minimum Gasteiger partial charge on any atom is -0.322 e. The van der Waals surface area contributed by atoms with E-state index in [9.17, 15) is 18.0 Å². The molecule has 1 fully saturated rings. The second kappa shape index (κ2) is 7.59. The molecule has 9 heteroatoms. The maximum atomic E-state index is 12.8. The fraction of sp³-hybridized carbons (Fsp3) is 0.444. The van der Waals surface area contributed by atoms with Gasteiger partial charge in [0.15, 0.2) is 0 Å². The number of rotatable bonds is 3. The lowest BCUT2D eigenvalue weighted by Gasteiger charge is -2.34. The van der Waals surface area contributed by atoms with Gasteiger partial charge in [0.2, 0.25) is 0 Å². The van der Waals surface area contributed by atoms with E-state index in [2.05, 4.69) is 15.3 Å². The predicted octanol–water partition coefficient (Wildman–Crippen LogP) is 3.10. The van der Waals surface area contributed by atoms with Gasteiger partial charge in [0.25, 0.3) is 0 Å². The second-order valence-corrected chi connectivity index (χ2v) is 6.69. The van der Waals surface area contributed by atoms with Crippen LogP contribution in [-0.4, -0.2) is 51.8 Å². The number of nitrogens with one attached hydrogen (secondary N) is 1. The van der Waals surface area contributed by atoms with Crippen molar-refractivity contribution in [3.05, 3.63) is 47.3 Å². The normalized spacial score (nSPS) is 15.8. The zero-order valence-corrected chi connectivity index (χ0v) is 15.3. The number of halogens is 3. The van der Waals surface area contributed by atoms with Crippen LogP contribution in [-0.2, 0) is 19.8 Å². The van der Waals surface area contributed by atoms with E-state index in [1.54, 1.807) is 9.58 Å². The van der Waals surface area contributed by atoms with Gasteiger partial charge in [0, 0.05) is 57.2 Å². The van der Waals surface area contributed by atoms with Gasteiger partial charge in [0.1, 0.15) is 0 Å². The highest BCUT2D eigenvalue weighted by Crippen LogP contribution is 2.30. The number of benzene rings is 1. The molecular weight excluding hydrogens is 359 g/mol. The van der Waals surface area contributed by atoms with E-state index in [0.29, 0.717) is 26.2 Å². The van der Waals surface area contributed by atoms with Crippen LogP contribution in [0.2, 0.25) is 0 Å². The molecule has 1 aromatic heterocycles. The summed E-state index contributed by atoms with van der Waals surface area (Å²) in [5.74, 6) is 0. The summed E-state index contributed by atoms with van der Waals surface area (Å²) in [5.41, 5.74) is 1.50. The van der Waals surface area contributed by atoms with Gasteiger partial charge in [-0.1, -0.05) is 6.07 Å². The zero-order chi connectivity index (χ0) is 19.6. The molecule has 1 N–H and O–H groups in total. The number of anilines is 1. The van der Waals surface area contributed by atoms with Crippen molar-refractivity contribution in [2.45, 2.75) is 19.6 Å². The number of piperazine rings is 1. The molecule has 0 aliphatic carbocycles. The van der Waals surface area contributed by atoms with Gasteiger partial charge in [0.05, 0.1) is 11.3 Å². The maximum Gasteiger partial charge on any atom is 0.416 e. The summed E-state index contributed by atoms with van der Waals surface area (Å²) in [6.45, 7) is 5.17. The summed E-state index contributed by atoms with van der Waals surface area (Å²) in [4.78, 5) is 16.2.